The number of benzene rings is 1. The lowest BCUT2D eigenvalue weighted by Gasteiger charge is -2.32. The van der Waals surface area contributed by atoms with Crippen LogP contribution in [0, 0.1) is 5.92 Å². The number of carbonyl (C=O) groups is 1. The predicted octanol–water partition coefficient (Wildman–Crippen LogP) is 3.67. The average Bonchev–Trinajstić information content (AvgIpc) is 2.61. The van der Waals surface area contributed by atoms with Gasteiger partial charge in [0, 0.05) is 42.0 Å². The number of piperidine rings is 1. The van der Waals surface area contributed by atoms with Crippen molar-refractivity contribution in [2.45, 2.75) is 12.8 Å². The summed E-state index contributed by atoms with van der Waals surface area (Å²) in [5, 5.41) is 0.698. The van der Waals surface area contributed by atoms with E-state index in [9.17, 15) is 4.79 Å². The summed E-state index contributed by atoms with van der Waals surface area (Å²) in [5.41, 5.74) is 0.694. The van der Waals surface area contributed by atoms with E-state index >= 15 is 0 Å². The maximum Gasteiger partial charge on any atom is 0.253 e. The van der Waals surface area contributed by atoms with E-state index in [-0.39, 0.29) is 5.91 Å². The number of rotatable bonds is 4. The SMILES string of the molecule is O=C(c1ccncc1)N1CCCC(COc2ccc(Cl)cc2)C1. The summed E-state index contributed by atoms with van der Waals surface area (Å²) >= 11 is 5.87. The van der Waals surface area contributed by atoms with Crippen molar-refractivity contribution >= 4 is 17.5 Å². The highest BCUT2D eigenvalue weighted by molar-refractivity contribution is 6.30. The molecule has 3 rings (SSSR count). The molecule has 1 aromatic heterocycles. The molecule has 0 bridgehead atoms. The first-order chi connectivity index (χ1) is 11.2. The Bertz CT molecular complexity index is 646. The Morgan fingerprint density at radius 3 is 2.70 bits per heavy atom. The van der Waals surface area contributed by atoms with E-state index in [0.29, 0.717) is 23.1 Å². The van der Waals surface area contributed by atoms with Gasteiger partial charge in [-0.15, -0.1) is 0 Å². The molecule has 1 saturated heterocycles. The molecule has 1 aromatic carbocycles. The average molecular weight is 331 g/mol. The van der Waals surface area contributed by atoms with E-state index in [4.69, 9.17) is 16.3 Å². The van der Waals surface area contributed by atoms with Crippen LogP contribution in [-0.2, 0) is 0 Å². The molecule has 2 heterocycles. The van der Waals surface area contributed by atoms with Gasteiger partial charge in [0.05, 0.1) is 6.61 Å². The predicted molar refractivity (Wildman–Crippen MR) is 89.8 cm³/mol. The normalized spacial score (nSPS) is 17.8. The van der Waals surface area contributed by atoms with E-state index < -0.39 is 0 Å². The minimum atomic E-state index is 0.0728. The van der Waals surface area contributed by atoms with Gasteiger partial charge in [0.15, 0.2) is 0 Å². The largest absolute Gasteiger partial charge is 0.493 e. The smallest absolute Gasteiger partial charge is 0.253 e. The molecule has 0 N–H and O–H groups in total. The number of halogens is 1. The molecular weight excluding hydrogens is 312 g/mol. The Balaban J connectivity index is 1.56. The van der Waals surface area contributed by atoms with Gasteiger partial charge in [0.1, 0.15) is 5.75 Å². The van der Waals surface area contributed by atoms with Gasteiger partial charge < -0.3 is 9.64 Å². The zero-order chi connectivity index (χ0) is 16.1. The van der Waals surface area contributed by atoms with E-state index in [1.807, 2.05) is 29.2 Å². The topological polar surface area (TPSA) is 42.4 Å². The molecule has 23 heavy (non-hydrogen) atoms. The van der Waals surface area contributed by atoms with Crippen molar-refractivity contribution in [3.8, 4) is 5.75 Å². The standard InChI is InChI=1S/C18H19ClN2O2/c19-16-3-5-17(6-4-16)23-13-14-2-1-11-21(12-14)18(22)15-7-9-20-10-8-15/h3-10,14H,1-2,11-13H2. The number of amides is 1. The van der Waals surface area contributed by atoms with Crippen molar-refractivity contribution in [3.05, 3.63) is 59.4 Å². The molecule has 0 radical (unpaired) electrons. The summed E-state index contributed by atoms with van der Waals surface area (Å²) in [4.78, 5) is 18.4. The maximum absolute atomic E-state index is 12.5. The lowest BCUT2D eigenvalue weighted by molar-refractivity contribution is 0.0633. The van der Waals surface area contributed by atoms with Crippen LogP contribution in [0.15, 0.2) is 48.8 Å². The lowest BCUT2D eigenvalue weighted by Crippen LogP contribution is -2.41. The second-order valence-corrected chi connectivity index (χ2v) is 6.20. The molecule has 5 heteroatoms. The van der Waals surface area contributed by atoms with Crippen LogP contribution in [-0.4, -0.2) is 35.5 Å². The fourth-order valence-electron chi connectivity index (χ4n) is 2.81. The number of pyridine rings is 1. The second-order valence-electron chi connectivity index (χ2n) is 5.76. The number of hydrogen-bond acceptors (Lipinski definition) is 3. The first-order valence-corrected chi connectivity index (χ1v) is 8.18. The van der Waals surface area contributed by atoms with Crippen LogP contribution in [0.25, 0.3) is 0 Å². The molecule has 0 aliphatic carbocycles. The maximum atomic E-state index is 12.5. The number of likely N-dealkylation sites (tertiary alicyclic amines) is 1. The van der Waals surface area contributed by atoms with E-state index in [1.54, 1.807) is 24.5 Å². The number of ether oxygens (including phenoxy) is 1. The second kappa shape index (κ2) is 7.47. The van der Waals surface area contributed by atoms with Gasteiger partial charge in [-0.1, -0.05) is 11.6 Å². The highest BCUT2D eigenvalue weighted by Gasteiger charge is 2.24. The first-order valence-electron chi connectivity index (χ1n) is 7.80. The van der Waals surface area contributed by atoms with Crippen LogP contribution < -0.4 is 4.74 Å². The zero-order valence-electron chi connectivity index (χ0n) is 12.8. The number of hydrogen-bond donors (Lipinski definition) is 0. The molecule has 1 amide bonds. The molecule has 1 aliphatic rings. The number of aromatic nitrogens is 1. The zero-order valence-corrected chi connectivity index (χ0v) is 13.6. The van der Waals surface area contributed by atoms with Gasteiger partial charge in [-0.3, -0.25) is 9.78 Å². The van der Waals surface area contributed by atoms with E-state index in [1.165, 1.54) is 0 Å². The Morgan fingerprint density at radius 2 is 1.96 bits per heavy atom. The molecule has 1 atom stereocenters. The summed E-state index contributed by atoms with van der Waals surface area (Å²) in [7, 11) is 0. The van der Waals surface area contributed by atoms with Gasteiger partial charge in [0.2, 0.25) is 0 Å². The summed E-state index contributed by atoms with van der Waals surface area (Å²) in [6.07, 6.45) is 5.38. The molecule has 2 aromatic rings. The van der Waals surface area contributed by atoms with Crippen molar-refractivity contribution in [3.63, 3.8) is 0 Å². The van der Waals surface area contributed by atoms with Crippen LogP contribution in [0.4, 0.5) is 0 Å². The van der Waals surface area contributed by atoms with Gasteiger partial charge in [-0.05, 0) is 49.2 Å². The van der Waals surface area contributed by atoms with Gasteiger partial charge in [-0.25, -0.2) is 0 Å². The monoisotopic (exact) mass is 330 g/mol. The van der Waals surface area contributed by atoms with Gasteiger partial charge >= 0.3 is 0 Å². The third-order valence-corrected chi connectivity index (χ3v) is 4.28. The van der Waals surface area contributed by atoms with Crippen molar-refractivity contribution < 1.29 is 9.53 Å². The highest BCUT2D eigenvalue weighted by atomic mass is 35.5. The van der Waals surface area contributed by atoms with Gasteiger partial charge in [-0.2, -0.15) is 0 Å². The molecule has 1 unspecified atom stereocenters. The Hall–Kier alpha value is -2.07. The minimum Gasteiger partial charge on any atom is -0.493 e. The van der Waals surface area contributed by atoms with Crippen LogP contribution in [0.2, 0.25) is 5.02 Å². The Morgan fingerprint density at radius 1 is 1.22 bits per heavy atom. The molecule has 1 aliphatic heterocycles. The summed E-state index contributed by atoms with van der Waals surface area (Å²) in [6.45, 7) is 2.15. The van der Waals surface area contributed by atoms with Crippen molar-refractivity contribution in [2.24, 2.45) is 5.92 Å². The summed E-state index contributed by atoms with van der Waals surface area (Å²) in [6, 6.07) is 10.9. The van der Waals surface area contributed by atoms with Crippen LogP contribution >= 0.6 is 11.6 Å². The summed E-state index contributed by atoms with van der Waals surface area (Å²) < 4.78 is 5.83. The fraction of sp³-hybridized carbons (Fsp3) is 0.333. The minimum absolute atomic E-state index is 0.0728. The molecular formula is C18H19ClN2O2. The number of carbonyl (C=O) groups excluding carboxylic acids is 1. The number of nitrogens with zero attached hydrogens (tertiary/aromatic N) is 2. The fourth-order valence-corrected chi connectivity index (χ4v) is 2.93. The molecule has 0 spiro atoms. The molecule has 4 nitrogen and oxygen atoms in total. The summed E-state index contributed by atoms with van der Waals surface area (Å²) in [5.74, 6) is 1.24. The van der Waals surface area contributed by atoms with Gasteiger partial charge in [0.25, 0.3) is 5.91 Å². The first kappa shape index (κ1) is 15.8. The Labute approximate surface area is 141 Å². The van der Waals surface area contributed by atoms with Crippen LogP contribution in [0.3, 0.4) is 0 Å². The van der Waals surface area contributed by atoms with Crippen molar-refractivity contribution in [1.29, 1.82) is 0 Å². The van der Waals surface area contributed by atoms with E-state index in [2.05, 4.69) is 4.98 Å². The lowest BCUT2D eigenvalue weighted by atomic mass is 9.98. The Kier molecular flexibility index (Phi) is 5.13. The molecule has 1 fully saturated rings. The highest BCUT2D eigenvalue weighted by Crippen LogP contribution is 2.21. The third-order valence-electron chi connectivity index (χ3n) is 4.03. The quantitative estimate of drug-likeness (QED) is 0.859. The van der Waals surface area contributed by atoms with Crippen molar-refractivity contribution in [1.82, 2.24) is 9.88 Å². The van der Waals surface area contributed by atoms with E-state index in [0.717, 1.165) is 31.7 Å². The van der Waals surface area contributed by atoms with Crippen LogP contribution in [0.1, 0.15) is 23.2 Å². The molecule has 0 saturated carbocycles. The van der Waals surface area contributed by atoms with Crippen molar-refractivity contribution in [2.75, 3.05) is 19.7 Å². The van der Waals surface area contributed by atoms with Crippen LogP contribution in [0.5, 0.6) is 5.75 Å². The molecule has 120 valence electrons. The third kappa shape index (κ3) is 4.23.